The summed E-state index contributed by atoms with van der Waals surface area (Å²) >= 11 is 0. The van der Waals surface area contributed by atoms with Gasteiger partial charge in [0.2, 0.25) is 11.8 Å². The summed E-state index contributed by atoms with van der Waals surface area (Å²) in [4.78, 5) is 24.5. The SMILES string of the molecule is CC(=O)N(CCNC(=O)Cc1ccccc1)c1ccc(F)c(F)c1F. The first kappa shape index (κ1) is 18.5. The predicted molar refractivity (Wildman–Crippen MR) is 87.5 cm³/mol. The van der Waals surface area contributed by atoms with Gasteiger partial charge in [0, 0.05) is 20.0 Å². The fourth-order valence-corrected chi connectivity index (χ4v) is 2.32. The van der Waals surface area contributed by atoms with Crippen LogP contribution in [0, 0.1) is 17.5 Å². The molecule has 7 heteroatoms. The van der Waals surface area contributed by atoms with Crippen molar-refractivity contribution in [2.45, 2.75) is 13.3 Å². The van der Waals surface area contributed by atoms with E-state index in [2.05, 4.69) is 5.32 Å². The quantitative estimate of drug-likeness (QED) is 0.815. The zero-order valence-electron chi connectivity index (χ0n) is 13.6. The number of benzene rings is 2. The Balaban J connectivity index is 1.98. The first-order valence-corrected chi connectivity index (χ1v) is 7.62. The van der Waals surface area contributed by atoms with Gasteiger partial charge >= 0.3 is 0 Å². The number of amides is 2. The van der Waals surface area contributed by atoms with Crippen molar-refractivity contribution in [3.8, 4) is 0 Å². The number of halogens is 3. The van der Waals surface area contributed by atoms with E-state index in [1.54, 1.807) is 12.1 Å². The van der Waals surface area contributed by atoms with Crippen LogP contribution in [0.3, 0.4) is 0 Å². The van der Waals surface area contributed by atoms with Crippen LogP contribution in [-0.4, -0.2) is 24.9 Å². The standard InChI is InChI=1S/C18H17F3N2O2/c1-12(24)23(15-8-7-14(19)17(20)18(15)21)10-9-22-16(25)11-13-5-3-2-4-6-13/h2-8H,9-11H2,1H3,(H,22,25). The van der Waals surface area contributed by atoms with E-state index in [9.17, 15) is 22.8 Å². The lowest BCUT2D eigenvalue weighted by molar-refractivity contribution is -0.121. The fourth-order valence-electron chi connectivity index (χ4n) is 2.32. The summed E-state index contributed by atoms with van der Waals surface area (Å²) in [6.07, 6.45) is 0.167. The maximum Gasteiger partial charge on any atom is 0.224 e. The van der Waals surface area contributed by atoms with E-state index in [0.717, 1.165) is 22.6 Å². The lowest BCUT2D eigenvalue weighted by Crippen LogP contribution is -2.38. The van der Waals surface area contributed by atoms with Crippen molar-refractivity contribution >= 4 is 17.5 Å². The van der Waals surface area contributed by atoms with Crippen molar-refractivity contribution in [3.05, 3.63) is 65.5 Å². The minimum absolute atomic E-state index is 0.0453. The highest BCUT2D eigenvalue weighted by molar-refractivity contribution is 5.91. The number of anilines is 1. The van der Waals surface area contributed by atoms with Gasteiger partial charge in [-0.1, -0.05) is 30.3 Å². The topological polar surface area (TPSA) is 49.4 Å². The van der Waals surface area contributed by atoms with Crippen molar-refractivity contribution in [1.29, 1.82) is 0 Å². The third-order valence-corrected chi connectivity index (χ3v) is 3.55. The molecule has 0 aromatic heterocycles. The first-order valence-electron chi connectivity index (χ1n) is 7.62. The fraction of sp³-hybridized carbons (Fsp3) is 0.222. The summed E-state index contributed by atoms with van der Waals surface area (Å²) in [5.74, 6) is -5.23. The smallest absolute Gasteiger partial charge is 0.224 e. The number of carbonyl (C=O) groups excluding carboxylic acids is 2. The molecule has 2 aromatic rings. The summed E-state index contributed by atoms with van der Waals surface area (Å²) in [6, 6.07) is 10.8. The number of carbonyl (C=O) groups is 2. The molecule has 1 N–H and O–H groups in total. The molecule has 0 aliphatic heterocycles. The second-order valence-electron chi connectivity index (χ2n) is 5.38. The highest BCUT2D eigenvalue weighted by Gasteiger charge is 2.21. The van der Waals surface area contributed by atoms with Crippen LogP contribution < -0.4 is 10.2 Å². The average molecular weight is 350 g/mol. The van der Waals surface area contributed by atoms with Crippen LogP contribution in [0.5, 0.6) is 0 Å². The van der Waals surface area contributed by atoms with Gasteiger partial charge < -0.3 is 10.2 Å². The van der Waals surface area contributed by atoms with Gasteiger partial charge in [0.1, 0.15) is 0 Å². The van der Waals surface area contributed by atoms with Crippen molar-refractivity contribution in [1.82, 2.24) is 5.32 Å². The van der Waals surface area contributed by atoms with Gasteiger partial charge in [0.15, 0.2) is 17.5 Å². The zero-order chi connectivity index (χ0) is 18.4. The molecular formula is C18H17F3N2O2. The summed E-state index contributed by atoms with van der Waals surface area (Å²) < 4.78 is 40.2. The van der Waals surface area contributed by atoms with Crippen LogP contribution >= 0.6 is 0 Å². The molecule has 0 aliphatic carbocycles. The molecule has 2 rings (SSSR count). The second kappa shape index (κ2) is 8.32. The molecule has 2 aromatic carbocycles. The summed E-state index contributed by atoms with van der Waals surface area (Å²) in [5, 5.41) is 2.61. The predicted octanol–water partition coefficient (Wildman–Crippen LogP) is 2.82. The first-order chi connectivity index (χ1) is 11.9. The van der Waals surface area contributed by atoms with Gasteiger partial charge in [0.05, 0.1) is 12.1 Å². The van der Waals surface area contributed by atoms with E-state index < -0.39 is 23.4 Å². The lowest BCUT2D eigenvalue weighted by atomic mass is 10.1. The molecule has 0 unspecified atom stereocenters. The van der Waals surface area contributed by atoms with Gasteiger partial charge in [-0.05, 0) is 17.7 Å². The maximum atomic E-state index is 13.9. The Hall–Kier alpha value is -2.83. The van der Waals surface area contributed by atoms with E-state index >= 15 is 0 Å². The number of hydrogen-bond acceptors (Lipinski definition) is 2. The highest BCUT2D eigenvalue weighted by Crippen LogP contribution is 2.23. The number of hydrogen-bond donors (Lipinski definition) is 1. The molecule has 0 fully saturated rings. The third-order valence-electron chi connectivity index (χ3n) is 3.55. The van der Waals surface area contributed by atoms with Crippen LogP contribution in [0.2, 0.25) is 0 Å². The van der Waals surface area contributed by atoms with Crippen LogP contribution in [0.15, 0.2) is 42.5 Å². The molecule has 0 bridgehead atoms. The second-order valence-corrected chi connectivity index (χ2v) is 5.38. The minimum atomic E-state index is -1.64. The van der Waals surface area contributed by atoms with Crippen LogP contribution in [0.1, 0.15) is 12.5 Å². The number of rotatable bonds is 6. The number of nitrogens with one attached hydrogen (secondary N) is 1. The molecule has 0 heterocycles. The van der Waals surface area contributed by atoms with Crippen molar-refractivity contribution in [2.24, 2.45) is 0 Å². The van der Waals surface area contributed by atoms with Gasteiger partial charge in [-0.25, -0.2) is 13.2 Å². The van der Waals surface area contributed by atoms with Crippen molar-refractivity contribution in [2.75, 3.05) is 18.0 Å². The van der Waals surface area contributed by atoms with Gasteiger partial charge in [-0.2, -0.15) is 0 Å². The Morgan fingerprint density at radius 1 is 1.00 bits per heavy atom. The third kappa shape index (κ3) is 4.82. The highest BCUT2D eigenvalue weighted by atomic mass is 19.2. The van der Waals surface area contributed by atoms with Gasteiger partial charge in [-0.3, -0.25) is 9.59 Å². The summed E-state index contributed by atoms with van der Waals surface area (Å²) in [7, 11) is 0. The Morgan fingerprint density at radius 3 is 2.32 bits per heavy atom. The molecule has 0 radical (unpaired) electrons. The van der Waals surface area contributed by atoms with Crippen LogP contribution in [0.4, 0.5) is 18.9 Å². The van der Waals surface area contributed by atoms with Gasteiger partial charge in [-0.15, -0.1) is 0 Å². The summed E-state index contributed by atoms with van der Waals surface area (Å²) in [6.45, 7) is 1.15. The molecule has 0 saturated carbocycles. The molecule has 25 heavy (non-hydrogen) atoms. The van der Waals surface area contributed by atoms with E-state index in [0.29, 0.717) is 0 Å². The van der Waals surface area contributed by atoms with Crippen molar-refractivity contribution in [3.63, 3.8) is 0 Å². The molecule has 4 nitrogen and oxygen atoms in total. The summed E-state index contributed by atoms with van der Waals surface area (Å²) in [5.41, 5.74) is 0.457. The maximum absolute atomic E-state index is 13.9. The van der Waals surface area contributed by atoms with E-state index in [-0.39, 0.29) is 31.1 Å². The molecule has 0 spiro atoms. The number of nitrogens with zero attached hydrogens (tertiary/aromatic N) is 1. The lowest BCUT2D eigenvalue weighted by Gasteiger charge is -2.22. The molecule has 2 amide bonds. The Labute approximate surface area is 143 Å². The normalized spacial score (nSPS) is 10.4. The zero-order valence-corrected chi connectivity index (χ0v) is 13.6. The molecule has 0 aliphatic rings. The molecule has 0 atom stereocenters. The van der Waals surface area contributed by atoms with Gasteiger partial charge in [0.25, 0.3) is 0 Å². The molecular weight excluding hydrogens is 333 g/mol. The van der Waals surface area contributed by atoms with Crippen LogP contribution in [0.25, 0.3) is 0 Å². The van der Waals surface area contributed by atoms with Crippen molar-refractivity contribution < 1.29 is 22.8 Å². The Kier molecular flexibility index (Phi) is 6.16. The Bertz CT molecular complexity index is 766. The van der Waals surface area contributed by atoms with E-state index in [1.807, 2.05) is 18.2 Å². The largest absolute Gasteiger partial charge is 0.354 e. The molecule has 0 saturated heterocycles. The van der Waals surface area contributed by atoms with E-state index in [1.165, 1.54) is 6.92 Å². The molecule has 132 valence electrons. The minimum Gasteiger partial charge on any atom is -0.354 e. The monoisotopic (exact) mass is 350 g/mol. The Morgan fingerprint density at radius 2 is 1.68 bits per heavy atom. The van der Waals surface area contributed by atoms with E-state index in [4.69, 9.17) is 0 Å². The van der Waals surface area contributed by atoms with Crippen LogP contribution in [-0.2, 0) is 16.0 Å². The average Bonchev–Trinajstić information content (AvgIpc) is 2.58.